The Hall–Kier alpha value is -0.790. The lowest BCUT2D eigenvalue weighted by Gasteiger charge is -2.19. The van der Waals surface area contributed by atoms with E-state index in [0.717, 1.165) is 24.4 Å². The lowest BCUT2D eigenvalue weighted by Crippen LogP contribution is -2.36. The molecule has 1 aromatic rings. The summed E-state index contributed by atoms with van der Waals surface area (Å²) in [5.74, 6) is 0. The van der Waals surface area contributed by atoms with Crippen molar-refractivity contribution in [2.24, 2.45) is 0 Å². The standard InChI is InChI=1S/C16H24ClN/c1-13(6-5-11-18-16(2,3)4)12-14-7-9-15(17)10-8-14/h6-10,18H,5,11-12H2,1-4H3. The third-order valence-corrected chi connectivity index (χ3v) is 2.94. The molecule has 0 saturated carbocycles. The Bertz CT molecular complexity index is 385. The average Bonchev–Trinajstić information content (AvgIpc) is 2.26. The lowest BCUT2D eigenvalue weighted by molar-refractivity contribution is 0.431. The number of nitrogens with one attached hydrogen (secondary N) is 1. The Morgan fingerprint density at radius 3 is 2.39 bits per heavy atom. The van der Waals surface area contributed by atoms with Crippen LogP contribution in [0.15, 0.2) is 35.9 Å². The minimum absolute atomic E-state index is 0.206. The van der Waals surface area contributed by atoms with Crippen molar-refractivity contribution in [3.8, 4) is 0 Å². The summed E-state index contributed by atoms with van der Waals surface area (Å²) in [4.78, 5) is 0. The average molecular weight is 266 g/mol. The van der Waals surface area contributed by atoms with Crippen LogP contribution in [0.25, 0.3) is 0 Å². The largest absolute Gasteiger partial charge is 0.312 e. The van der Waals surface area contributed by atoms with Gasteiger partial charge >= 0.3 is 0 Å². The van der Waals surface area contributed by atoms with E-state index >= 15 is 0 Å². The maximum absolute atomic E-state index is 5.87. The molecule has 0 spiro atoms. The molecule has 2 heteroatoms. The summed E-state index contributed by atoms with van der Waals surface area (Å²) < 4.78 is 0. The van der Waals surface area contributed by atoms with Crippen LogP contribution in [0.4, 0.5) is 0 Å². The van der Waals surface area contributed by atoms with E-state index in [-0.39, 0.29) is 5.54 Å². The van der Waals surface area contributed by atoms with Gasteiger partial charge in [-0.1, -0.05) is 35.4 Å². The predicted molar refractivity (Wildman–Crippen MR) is 81.3 cm³/mol. The van der Waals surface area contributed by atoms with Crippen LogP contribution in [0, 0.1) is 0 Å². The SMILES string of the molecule is CC(=CCCNC(C)(C)C)Cc1ccc(Cl)cc1. The van der Waals surface area contributed by atoms with E-state index < -0.39 is 0 Å². The van der Waals surface area contributed by atoms with Crippen molar-refractivity contribution in [3.05, 3.63) is 46.5 Å². The highest BCUT2D eigenvalue weighted by Gasteiger charge is 2.06. The molecule has 0 bridgehead atoms. The van der Waals surface area contributed by atoms with Crippen LogP contribution in [0.3, 0.4) is 0 Å². The van der Waals surface area contributed by atoms with Crippen molar-refractivity contribution in [1.29, 1.82) is 0 Å². The molecule has 0 heterocycles. The summed E-state index contributed by atoms with van der Waals surface area (Å²) in [7, 11) is 0. The molecule has 0 aliphatic carbocycles. The number of halogens is 1. The van der Waals surface area contributed by atoms with Gasteiger partial charge in [-0.3, -0.25) is 0 Å². The molecular formula is C16H24ClN. The minimum Gasteiger partial charge on any atom is -0.312 e. The van der Waals surface area contributed by atoms with Gasteiger partial charge in [-0.2, -0.15) is 0 Å². The molecule has 0 saturated heterocycles. The van der Waals surface area contributed by atoms with Gasteiger partial charge in [0.15, 0.2) is 0 Å². The fraction of sp³-hybridized carbons (Fsp3) is 0.500. The van der Waals surface area contributed by atoms with Gasteiger partial charge in [-0.25, -0.2) is 0 Å². The molecule has 100 valence electrons. The molecule has 0 radical (unpaired) electrons. The van der Waals surface area contributed by atoms with Crippen LogP contribution >= 0.6 is 11.6 Å². The van der Waals surface area contributed by atoms with Crippen LogP contribution in [-0.2, 0) is 6.42 Å². The van der Waals surface area contributed by atoms with E-state index in [1.165, 1.54) is 11.1 Å². The Labute approximate surface area is 116 Å². The summed E-state index contributed by atoms with van der Waals surface area (Å²) in [5.41, 5.74) is 2.93. The highest BCUT2D eigenvalue weighted by molar-refractivity contribution is 6.30. The second-order valence-corrected chi connectivity index (χ2v) is 6.26. The Morgan fingerprint density at radius 1 is 1.22 bits per heavy atom. The maximum atomic E-state index is 5.87. The van der Waals surface area contributed by atoms with Gasteiger partial charge in [0.2, 0.25) is 0 Å². The summed E-state index contributed by atoms with van der Waals surface area (Å²) in [5, 5.41) is 4.29. The van der Waals surface area contributed by atoms with E-state index in [1.807, 2.05) is 12.1 Å². The van der Waals surface area contributed by atoms with Gasteiger partial charge in [0.1, 0.15) is 0 Å². The van der Waals surface area contributed by atoms with E-state index in [9.17, 15) is 0 Å². The zero-order valence-corrected chi connectivity index (χ0v) is 12.6. The van der Waals surface area contributed by atoms with Crippen molar-refractivity contribution in [1.82, 2.24) is 5.32 Å². The summed E-state index contributed by atoms with van der Waals surface area (Å²) in [6, 6.07) is 8.08. The van der Waals surface area contributed by atoms with Crippen molar-refractivity contribution < 1.29 is 0 Å². The molecule has 1 rings (SSSR count). The maximum Gasteiger partial charge on any atom is 0.0406 e. The first-order valence-electron chi connectivity index (χ1n) is 6.52. The first-order chi connectivity index (χ1) is 8.37. The molecule has 0 aliphatic heterocycles. The monoisotopic (exact) mass is 265 g/mol. The topological polar surface area (TPSA) is 12.0 Å². The van der Waals surface area contributed by atoms with Crippen LogP contribution in [0.5, 0.6) is 0 Å². The molecule has 0 atom stereocenters. The van der Waals surface area contributed by atoms with Crippen molar-refractivity contribution in [2.75, 3.05) is 6.54 Å². The van der Waals surface area contributed by atoms with E-state index in [0.29, 0.717) is 0 Å². The van der Waals surface area contributed by atoms with Gasteiger partial charge in [-0.05, 0) is 64.8 Å². The first-order valence-corrected chi connectivity index (χ1v) is 6.90. The fourth-order valence-corrected chi connectivity index (χ4v) is 1.89. The number of hydrogen-bond acceptors (Lipinski definition) is 1. The lowest BCUT2D eigenvalue weighted by atomic mass is 10.1. The normalized spacial score (nSPS) is 12.8. The van der Waals surface area contributed by atoms with Crippen LogP contribution < -0.4 is 5.32 Å². The van der Waals surface area contributed by atoms with Gasteiger partial charge < -0.3 is 5.32 Å². The second kappa shape index (κ2) is 6.96. The van der Waals surface area contributed by atoms with Crippen LogP contribution in [-0.4, -0.2) is 12.1 Å². The van der Waals surface area contributed by atoms with E-state index in [2.05, 4.69) is 51.2 Å². The number of benzene rings is 1. The predicted octanol–water partition coefficient (Wildman–Crippen LogP) is 4.61. The molecule has 0 amide bonds. The third kappa shape index (κ3) is 6.83. The molecule has 18 heavy (non-hydrogen) atoms. The molecule has 0 unspecified atom stereocenters. The van der Waals surface area contributed by atoms with Crippen LogP contribution in [0.1, 0.15) is 39.7 Å². The molecule has 1 N–H and O–H groups in total. The molecular weight excluding hydrogens is 242 g/mol. The van der Waals surface area contributed by atoms with E-state index in [4.69, 9.17) is 11.6 Å². The Balaban J connectivity index is 2.36. The van der Waals surface area contributed by atoms with Gasteiger partial charge in [0, 0.05) is 10.6 Å². The smallest absolute Gasteiger partial charge is 0.0406 e. The minimum atomic E-state index is 0.206. The quantitative estimate of drug-likeness (QED) is 0.606. The second-order valence-electron chi connectivity index (χ2n) is 5.82. The number of hydrogen-bond donors (Lipinski definition) is 1. The fourth-order valence-electron chi connectivity index (χ4n) is 1.76. The zero-order chi connectivity index (χ0) is 13.6. The molecule has 1 nitrogen and oxygen atoms in total. The highest BCUT2D eigenvalue weighted by atomic mass is 35.5. The van der Waals surface area contributed by atoms with Crippen molar-refractivity contribution in [3.63, 3.8) is 0 Å². The van der Waals surface area contributed by atoms with E-state index in [1.54, 1.807) is 0 Å². The van der Waals surface area contributed by atoms with Gasteiger partial charge in [-0.15, -0.1) is 0 Å². The summed E-state index contributed by atoms with van der Waals surface area (Å²) in [6.45, 7) is 9.79. The Kier molecular flexibility index (Phi) is 5.90. The third-order valence-electron chi connectivity index (χ3n) is 2.69. The highest BCUT2D eigenvalue weighted by Crippen LogP contribution is 2.13. The summed E-state index contributed by atoms with van der Waals surface area (Å²) >= 11 is 5.87. The zero-order valence-electron chi connectivity index (χ0n) is 11.9. The number of rotatable bonds is 5. The Morgan fingerprint density at radius 2 is 1.83 bits per heavy atom. The first kappa shape index (κ1) is 15.3. The summed E-state index contributed by atoms with van der Waals surface area (Å²) in [6.07, 6.45) is 4.40. The molecule has 0 fully saturated rings. The van der Waals surface area contributed by atoms with Crippen molar-refractivity contribution in [2.45, 2.75) is 46.1 Å². The molecule has 0 aromatic heterocycles. The van der Waals surface area contributed by atoms with Gasteiger partial charge in [0.05, 0.1) is 0 Å². The number of allylic oxidation sites excluding steroid dienone is 1. The molecule has 1 aromatic carbocycles. The van der Waals surface area contributed by atoms with Crippen molar-refractivity contribution >= 4 is 11.6 Å². The molecule has 0 aliphatic rings. The van der Waals surface area contributed by atoms with Gasteiger partial charge in [0.25, 0.3) is 0 Å². The van der Waals surface area contributed by atoms with Crippen LogP contribution in [0.2, 0.25) is 5.02 Å².